The van der Waals surface area contributed by atoms with Crippen molar-refractivity contribution in [2.45, 2.75) is 52.0 Å². The number of methoxy groups -OCH3 is 2. The molecular formula is C24H30N6O4S. The Morgan fingerprint density at radius 2 is 1.49 bits per heavy atom. The maximum absolute atomic E-state index is 12.1. The number of thiocarbonyl (C=S) groups is 1. The van der Waals surface area contributed by atoms with E-state index in [1.165, 1.54) is 38.8 Å². The molecule has 0 saturated heterocycles. The Labute approximate surface area is 209 Å². The average Bonchev–Trinajstić information content (AvgIpc) is 2.82. The molecule has 1 aromatic carbocycles. The van der Waals surface area contributed by atoms with E-state index >= 15 is 0 Å². The quantitative estimate of drug-likeness (QED) is 0.243. The van der Waals surface area contributed by atoms with Gasteiger partial charge < -0.3 is 20.1 Å². The molecule has 0 spiro atoms. The number of esters is 2. The highest BCUT2D eigenvalue weighted by Crippen LogP contribution is 2.21. The predicted molar refractivity (Wildman–Crippen MR) is 138 cm³/mol. The third kappa shape index (κ3) is 7.71. The number of nitrogens with one attached hydrogen (secondary N) is 3. The molecule has 2 aromatic rings. The van der Waals surface area contributed by atoms with Crippen molar-refractivity contribution in [2.24, 2.45) is 4.99 Å². The summed E-state index contributed by atoms with van der Waals surface area (Å²) in [5, 5.41) is 9.42. The Balaban J connectivity index is 1.83. The second kappa shape index (κ2) is 12.2. The highest BCUT2D eigenvalue weighted by atomic mass is 32.1. The van der Waals surface area contributed by atoms with Gasteiger partial charge in [-0.15, -0.1) is 0 Å². The Morgan fingerprint density at radius 3 is 2.03 bits per heavy atom. The molecule has 1 aliphatic carbocycles. The van der Waals surface area contributed by atoms with Crippen LogP contribution in [0.3, 0.4) is 0 Å². The summed E-state index contributed by atoms with van der Waals surface area (Å²) in [7, 11) is 2.53. The number of rotatable bonds is 5. The fourth-order valence-electron chi connectivity index (χ4n) is 3.82. The van der Waals surface area contributed by atoms with Crippen LogP contribution in [0.5, 0.6) is 0 Å². The van der Waals surface area contributed by atoms with Crippen LogP contribution in [0, 0.1) is 13.8 Å². The molecule has 1 fully saturated rings. The molecule has 10 nitrogen and oxygen atoms in total. The van der Waals surface area contributed by atoms with Crippen LogP contribution in [0.2, 0.25) is 0 Å². The van der Waals surface area contributed by atoms with E-state index in [2.05, 4.69) is 25.9 Å². The minimum absolute atomic E-state index is 0.154. The molecule has 3 N–H and O–H groups in total. The molecule has 1 aromatic heterocycles. The summed E-state index contributed by atoms with van der Waals surface area (Å²) >= 11 is 5.51. The third-order valence-electron chi connectivity index (χ3n) is 5.36. The van der Waals surface area contributed by atoms with Gasteiger partial charge in [0.15, 0.2) is 5.11 Å². The van der Waals surface area contributed by atoms with Crippen molar-refractivity contribution in [1.29, 1.82) is 0 Å². The van der Waals surface area contributed by atoms with Crippen LogP contribution < -0.4 is 16.0 Å². The molecule has 3 rings (SSSR count). The largest absolute Gasteiger partial charge is 0.465 e. The highest BCUT2D eigenvalue weighted by molar-refractivity contribution is 7.80. The van der Waals surface area contributed by atoms with E-state index in [-0.39, 0.29) is 22.3 Å². The Bertz CT molecular complexity index is 1080. The summed E-state index contributed by atoms with van der Waals surface area (Å²) in [4.78, 5) is 37.8. The lowest BCUT2D eigenvalue weighted by Crippen LogP contribution is -2.40. The number of benzene rings is 1. The number of aryl methyl sites for hydroxylation is 2. The first-order valence-corrected chi connectivity index (χ1v) is 11.7. The first-order chi connectivity index (χ1) is 16.8. The van der Waals surface area contributed by atoms with Gasteiger partial charge in [-0.2, -0.15) is 0 Å². The van der Waals surface area contributed by atoms with Crippen molar-refractivity contribution < 1.29 is 19.1 Å². The Kier molecular flexibility index (Phi) is 9.07. The van der Waals surface area contributed by atoms with Gasteiger partial charge >= 0.3 is 11.9 Å². The summed E-state index contributed by atoms with van der Waals surface area (Å²) in [6, 6.07) is 6.50. The van der Waals surface area contributed by atoms with Crippen molar-refractivity contribution in [3.8, 4) is 0 Å². The topological polar surface area (TPSA) is 127 Å². The van der Waals surface area contributed by atoms with E-state index in [1.54, 1.807) is 0 Å². The number of aromatic nitrogens is 2. The Hall–Kier alpha value is -3.60. The number of hydrogen-bond donors (Lipinski definition) is 3. The second-order valence-electron chi connectivity index (χ2n) is 8.23. The summed E-state index contributed by atoms with van der Waals surface area (Å²) in [6.07, 6.45) is 5.44. The van der Waals surface area contributed by atoms with E-state index in [0.29, 0.717) is 17.6 Å². The van der Waals surface area contributed by atoms with Crippen LogP contribution in [0.15, 0.2) is 29.3 Å². The van der Waals surface area contributed by atoms with E-state index in [1.807, 2.05) is 19.9 Å². The second-order valence-corrected chi connectivity index (χ2v) is 8.64. The first-order valence-electron chi connectivity index (χ1n) is 11.3. The summed E-state index contributed by atoms with van der Waals surface area (Å²) in [5.74, 6) is -0.360. The van der Waals surface area contributed by atoms with Crippen molar-refractivity contribution in [2.75, 3.05) is 24.9 Å². The lowest BCUT2D eigenvalue weighted by atomic mass is 9.96. The zero-order chi connectivity index (χ0) is 25.4. The Morgan fingerprint density at radius 1 is 0.914 bits per heavy atom. The zero-order valence-corrected chi connectivity index (χ0v) is 21.1. The molecule has 0 aliphatic heterocycles. The van der Waals surface area contributed by atoms with Crippen LogP contribution in [-0.4, -0.2) is 53.2 Å². The summed E-state index contributed by atoms with van der Waals surface area (Å²) < 4.78 is 9.58. The molecule has 186 valence electrons. The molecule has 1 aliphatic rings. The molecular weight excluding hydrogens is 468 g/mol. The maximum atomic E-state index is 12.1. The van der Waals surface area contributed by atoms with Gasteiger partial charge in [-0.1, -0.05) is 19.3 Å². The number of nitrogens with zero attached hydrogens (tertiary/aromatic N) is 3. The molecule has 1 heterocycles. The number of hydrogen-bond acceptors (Lipinski definition) is 8. The zero-order valence-electron chi connectivity index (χ0n) is 20.3. The van der Waals surface area contributed by atoms with Crippen LogP contribution in [0.4, 0.5) is 11.6 Å². The van der Waals surface area contributed by atoms with Crippen LogP contribution >= 0.6 is 12.2 Å². The van der Waals surface area contributed by atoms with Gasteiger partial charge in [0.25, 0.3) is 0 Å². The number of carbonyl (C=O) groups is 2. The first kappa shape index (κ1) is 26.0. The minimum Gasteiger partial charge on any atom is -0.465 e. The van der Waals surface area contributed by atoms with E-state index in [9.17, 15) is 9.59 Å². The van der Waals surface area contributed by atoms with Gasteiger partial charge in [-0.25, -0.2) is 24.5 Å². The minimum atomic E-state index is -0.592. The van der Waals surface area contributed by atoms with Crippen molar-refractivity contribution in [3.63, 3.8) is 0 Å². The number of aliphatic imine (C=N–C) groups is 1. The highest BCUT2D eigenvalue weighted by Gasteiger charge is 2.17. The van der Waals surface area contributed by atoms with Crippen LogP contribution in [0.1, 0.15) is 64.2 Å². The van der Waals surface area contributed by atoms with Gasteiger partial charge in [0.1, 0.15) is 0 Å². The number of carbonyl (C=O) groups excluding carboxylic acids is 2. The SMILES string of the molecule is COC(=O)c1cc(NC(=S)NC(=NC2CCCCC2)Nc2nc(C)cc(C)n2)cc(C(=O)OC)c1. The van der Waals surface area contributed by atoms with Crippen molar-refractivity contribution in [3.05, 3.63) is 46.8 Å². The molecule has 0 bridgehead atoms. The predicted octanol–water partition coefficient (Wildman–Crippen LogP) is 3.75. The normalized spacial score (nSPS) is 14.1. The van der Waals surface area contributed by atoms with Gasteiger partial charge in [0, 0.05) is 17.1 Å². The fraction of sp³-hybridized carbons (Fsp3) is 0.417. The van der Waals surface area contributed by atoms with Crippen LogP contribution in [-0.2, 0) is 9.47 Å². The molecule has 0 amide bonds. The summed E-state index contributed by atoms with van der Waals surface area (Å²) in [6.45, 7) is 3.79. The molecule has 11 heteroatoms. The van der Waals surface area contributed by atoms with Gasteiger partial charge in [0.05, 0.1) is 31.4 Å². The van der Waals surface area contributed by atoms with Gasteiger partial charge in [-0.05, 0) is 63.2 Å². The van der Waals surface area contributed by atoms with Gasteiger partial charge in [0.2, 0.25) is 11.9 Å². The van der Waals surface area contributed by atoms with Crippen molar-refractivity contribution >= 4 is 46.9 Å². The average molecular weight is 499 g/mol. The van der Waals surface area contributed by atoms with Crippen LogP contribution in [0.25, 0.3) is 0 Å². The van der Waals surface area contributed by atoms with E-state index < -0.39 is 11.9 Å². The number of ether oxygens (including phenoxy) is 2. The lowest BCUT2D eigenvalue weighted by Gasteiger charge is -2.21. The standard InChI is InChI=1S/C24H30N6O4S/c1-14-10-15(2)26-22(25-14)29-23(27-18-8-6-5-7-9-18)30-24(35)28-19-12-16(20(31)33-3)11-17(13-19)21(32)34-4/h10-13,18H,5-9H2,1-4H3,(H3,25,26,27,28,29,30,35). The van der Waals surface area contributed by atoms with Gasteiger partial charge in [-0.3, -0.25) is 5.32 Å². The smallest absolute Gasteiger partial charge is 0.337 e. The molecule has 0 radical (unpaired) electrons. The fourth-order valence-corrected chi connectivity index (χ4v) is 4.03. The van der Waals surface area contributed by atoms with E-state index in [4.69, 9.17) is 26.7 Å². The lowest BCUT2D eigenvalue weighted by molar-refractivity contribution is 0.0599. The summed E-state index contributed by atoms with van der Waals surface area (Å²) in [5.41, 5.74) is 2.42. The van der Waals surface area contributed by atoms with Crippen molar-refractivity contribution in [1.82, 2.24) is 15.3 Å². The number of anilines is 2. The van der Waals surface area contributed by atoms with E-state index in [0.717, 1.165) is 37.1 Å². The molecule has 35 heavy (non-hydrogen) atoms. The maximum Gasteiger partial charge on any atom is 0.337 e. The molecule has 0 unspecified atom stereocenters. The number of guanidine groups is 1. The molecule has 1 saturated carbocycles. The monoisotopic (exact) mass is 498 g/mol. The molecule has 0 atom stereocenters. The third-order valence-corrected chi connectivity index (χ3v) is 5.57.